The SMILES string of the molecule is O=[N+]([O-])c1ccc(C2C3C(c4ccccc4)=NC(c4ccc(Oc5nc(Oc6ccc(C7N=C(c8ccccc8)C8C(c9ccc([N+](=O)[O-])cc9)N78)cc6)nc(Oc6ccc(C7N=C(c8ccccc8)C8C(c9ccc([N+](=O)[O-])cc9)N78)cc6)n5)cc4)N32)cc1. The molecule has 0 spiro atoms. The van der Waals surface area contributed by atoms with E-state index in [9.17, 15) is 30.3 Å². The van der Waals surface area contributed by atoms with Gasteiger partial charge in [0.05, 0.1) is 68.2 Å². The monoisotopic (exact) mass is 1190 g/mol. The van der Waals surface area contributed by atoms with Crippen molar-refractivity contribution in [2.75, 3.05) is 0 Å². The second-order valence-corrected chi connectivity index (χ2v) is 22.5. The molecule has 0 N–H and O–H groups in total. The van der Waals surface area contributed by atoms with Gasteiger partial charge in [-0.3, -0.25) is 60.0 Å². The number of hydrogen-bond acceptors (Lipinski definition) is 18. The maximum absolute atomic E-state index is 11.5. The summed E-state index contributed by atoms with van der Waals surface area (Å²) in [4.78, 5) is 69.8. The van der Waals surface area contributed by atoms with E-state index in [2.05, 4.69) is 29.7 Å². The number of rotatable bonds is 18. The molecule has 3 fully saturated rings. The summed E-state index contributed by atoms with van der Waals surface area (Å²) in [6, 6.07) is 72.2. The minimum atomic E-state index is -0.396. The lowest BCUT2D eigenvalue weighted by atomic mass is 10.0. The van der Waals surface area contributed by atoms with E-state index in [1.165, 1.54) is 36.4 Å². The highest BCUT2D eigenvalue weighted by Gasteiger charge is 2.61. The predicted octanol–water partition coefficient (Wildman–Crippen LogP) is 13.8. The lowest BCUT2D eigenvalue weighted by Gasteiger charge is -2.16. The van der Waals surface area contributed by atoms with Crippen LogP contribution < -0.4 is 14.2 Å². The van der Waals surface area contributed by atoms with Gasteiger partial charge in [0.15, 0.2) is 0 Å². The summed E-state index contributed by atoms with van der Waals surface area (Å²) in [6.07, 6.45) is -1.03. The lowest BCUT2D eigenvalue weighted by Crippen LogP contribution is -2.08. The highest BCUT2D eigenvalue weighted by Crippen LogP contribution is 2.59. The summed E-state index contributed by atoms with van der Waals surface area (Å²) >= 11 is 0. The first-order valence-electron chi connectivity index (χ1n) is 29.1. The Balaban J connectivity index is 0.683. The van der Waals surface area contributed by atoms with E-state index >= 15 is 0 Å². The van der Waals surface area contributed by atoms with Crippen molar-refractivity contribution in [3.63, 3.8) is 0 Å². The van der Waals surface area contributed by atoms with Gasteiger partial charge in [-0.2, -0.15) is 0 Å². The highest BCUT2D eigenvalue weighted by molar-refractivity contribution is 6.10. The summed E-state index contributed by atoms with van der Waals surface area (Å²) < 4.78 is 19.2. The van der Waals surface area contributed by atoms with E-state index in [1.807, 2.05) is 200 Å². The number of hydrogen-bond donors (Lipinski definition) is 0. The Kier molecular flexibility index (Phi) is 13.0. The minimum absolute atomic E-state index is 0.0213. The number of nitrogens with zero attached hydrogens (tertiary/aromatic N) is 12. The molecular weight excluding hydrogens is 1140 g/mol. The molecule has 21 heteroatoms. The molecule has 12 unspecified atom stereocenters. The molecule has 438 valence electrons. The van der Waals surface area contributed by atoms with Gasteiger partial charge in [0.25, 0.3) is 17.1 Å². The number of non-ortho nitro benzene ring substituents is 3. The third kappa shape index (κ3) is 9.84. The molecule has 9 aromatic carbocycles. The molecule has 12 atom stereocenters. The van der Waals surface area contributed by atoms with Crippen molar-refractivity contribution in [3.8, 4) is 35.3 Å². The average Bonchev–Trinajstić information content (AvgIpc) is 1.56. The van der Waals surface area contributed by atoms with Crippen LogP contribution in [-0.2, 0) is 0 Å². The van der Waals surface area contributed by atoms with Crippen molar-refractivity contribution in [2.45, 2.75) is 54.7 Å². The number of nitro benzene ring substituents is 3. The Bertz CT molecular complexity index is 4070. The summed E-state index contributed by atoms with van der Waals surface area (Å²) in [6.45, 7) is 0. The van der Waals surface area contributed by atoms with Gasteiger partial charge in [-0.1, -0.05) is 164 Å². The van der Waals surface area contributed by atoms with Crippen LogP contribution in [0.5, 0.6) is 35.3 Å². The molecule has 21 nitrogen and oxygen atoms in total. The van der Waals surface area contributed by atoms with Crippen molar-refractivity contribution >= 4 is 34.2 Å². The van der Waals surface area contributed by atoms with Crippen LogP contribution in [0.1, 0.15) is 86.7 Å². The summed E-state index contributed by atoms with van der Waals surface area (Å²) in [5, 5.41) is 34.5. The topological polar surface area (TPSA) is 242 Å². The number of aliphatic imine (C=N–C) groups is 3. The first kappa shape index (κ1) is 53.9. The van der Waals surface area contributed by atoms with Crippen LogP contribution in [-0.4, -0.2) is 79.7 Å². The van der Waals surface area contributed by atoms with Crippen molar-refractivity contribution in [2.24, 2.45) is 15.0 Å². The van der Waals surface area contributed by atoms with E-state index in [0.29, 0.717) is 17.2 Å². The van der Waals surface area contributed by atoms with Gasteiger partial charge in [-0.25, -0.2) is 0 Å². The van der Waals surface area contributed by atoms with Crippen molar-refractivity contribution in [1.82, 2.24) is 29.7 Å². The zero-order chi connectivity index (χ0) is 60.7. The molecule has 1 aromatic heterocycles. The van der Waals surface area contributed by atoms with Gasteiger partial charge in [0.1, 0.15) is 35.7 Å². The van der Waals surface area contributed by atoms with Crippen LogP contribution in [0.3, 0.4) is 0 Å². The van der Waals surface area contributed by atoms with Crippen LogP contribution in [0.2, 0.25) is 0 Å². The maximum atomic E-state index is 11.5. The first-order chi connectivity index (χ1) is 44.1. The summed E-state index contributed by atoms with van der Waals surface area (Å²) in [5.41, 5.74) is 11.6. The van der Waals surface area contributed by atoms with Gasteiger partial charge >= 0.3 is 18.0 Å². The minimum Gasteiger partial charge on any atom is -0.424 e. The Hall–Kier alpha value is -11.5. The second kappa shape index (κ2) is 21.7. The molecule has 0 saturated carbocycles. The van der Waals surface area contributed by atoms with Crippen molar-refractivity contribution < 1.29 is 29.0 Å². The standard InChI is InChI=1S/C69H48N12O9/c82-79(83)49-28-16-43(17-29-49)58-61-55(40-10-4-1-5-11-40)70-64(76(58)61)46-22-34-52(35-23-46)88-67-73-68(89-53-36-24-47(25-37-53)65-71-56(41-12-6-2-7-13-41)62-59(77(62)65)44-18-30-50(31-19-44)80(84)85)75-69(74-67)90-54-38-26-48(27-39-54)66-72-57(42-14-8-3-9-15-42)63-60(78(63)66)45-20-32-51(33-21-45)81(86)87/h1-39,58-66H. The zero-order valence-corrected chi connectivity index (χ0v) is 47.3. The average molecular weight is 1190 g/mol. The van der Waals surface area contributed by atoms with Gasteiger partial charge in [-0.05, 0) is 86.5 Å². The molecule has 7 heterocycles. The molecule has 3 saturated heterocycles. The predicted molar refractivity (Wildman–Crippen MR) is 331 cm³/mol. The Morgan fingerprint density at radius 3 is 0.756 bits per heavy atom. The molecule has 6 aliphatic heterocycles. The van der Waals surface area contributed by atoms with Crippen molar-refractivity contribution in [1.29, 1.82) is 0 Å². The van der Waals surface area contributed by atoms with Gasteiger partial charge in [0.2, 0.25) is 0 Å². The number of ether oxygens (including phenoxy) is 3. The Morgan fingerprint density at radius 2 is 0.522 bits per heavy atom. The molecule has 0 aliphatic carbocycles. The van der Waals surface area contributed by atoms with Gasteiger partial charge in [-0.15, -0.1) is 15.0 Å². The van der Waals surface area contributed by atoms with Crippen LogP contribution in [0.4, 0.5) is 17.1 Å². The summed E-state index contributed by atoms with van der Waals surface area (Å²) in [5.74, 6) is 1.24. The zero-order valence-electron chi connectivity index (χ0n) is 47.3. The molecular formula is C69H48N12O9. The number of aromatic nitrogens is 3. The third-order valence-corrected chi connectivity index (χ3v) is 17.3. The molecule has 0 radical (unpaired) electrons. The third-order valence-electron chi connectivity index (χ3n) is 17.3. The quantitative estimate of drug-likeness (QED) is 0.0441. The van der Waals surface area contributed by atoms with Crippen LogP contribution in [0, 0.1) is 30.3 Å². The smallest absolute Gasteiger partial charge is 0.331 e. The number of fused-ring (bicyclic) bond motifs is 3. The largest absolute Gasteiger partial charge is 0.424 e. The Labute approximate surface area is 512 Å². The molecule has 0 amide bonds. The molecule has 10 aromatic rings. The fraction of sp³-hybridized carbons (Fsp3) is 0.130. The fourth-order valence-corrected chi connectivity index (χ4v) is 13.0. The fourth-order valence-electron chi connectivity index (χ4n) is 13.0. The highest BCUT2D eigenvalue weighted by atomic mass is 16.6. The van der Waals surface area contributed by atoms with Crippen LogP contribution in [0.25, 0.3) is 0 Å². The van der Waals surface area contributed by atoms with Gasteiger partial charge < -0.3 is 14.2 Å². The first-order valence-corrected chi connectivity index (χ1v) is 29.1. The molecule has 90 heavy (non-hydrogen) atoms. The maximum Gasteiger partial charge on any atom is 0.331 e. The molecule has 16 rings (SSSR count). The number of nitro groups is 3. The van der Waals surface area contributed by atoms with E-state index in [1.54, 1.807) is 0 Å². The molecule has 0 bridgehead atoms. The van der Waals surface area contributed by atoms with Crippen LogP contribution in [0.15, 0.2) is 252 Å². The van der Waals surface area contributed by atoms with Gasteiger partial charge in [0, 0.05) is 36.4 Å². The number of benzene rings is 9. The van der Waals surface area contributed by atoms with E-state index in [0.717, 1.165) is 67.2 Å². The van der Waals surface area contributed by atoms with Crippen molar-refractivity contribution in [3.05, 3.63) is 317 Å². The molecule has 6 aliphatic rings. The Morgan fingerprint density at radius 1 is 0.289 bits per heavy atom. The second-order valence-electron chi connectivity index (χ2n) is 22.5. The summed E-state index contributed by atoms with van der Waals surface area (Å²) in [7, 11) is 0. The van der Waals surface area contributed by atoms with E-state index in [-0.39, 0.29) is 89.8 Å². The van der Waals surface area contributed by atoms with Crippen LogP contribution >= 0.6 is 0 Å². The van der Waals surface area contributed by atoms with E-state index < -0.39 is 14.8 Å². The lowest BCUT2D eigenvalue weighted by molar-refractivity contribution is -0.385. The van der Waals surface area contributed by atoms with E-state index in [4.69, 9.17) is 29.2 Å². The normalized spacial score (nSPS) is 24.5.